The number of ether oxygens (including phenoxy) is 1. The lowest BCUT2D eigenvalue weighted by molar-refractivity contribution is 0.129. The van der Waals surface area contributed by atoms with Gasteiger partial charge in [0.25, 0.3) is 0 Å². The van der Waals surface area contributed by atoms with E-state index in [2.05, 4.69) is 33.5 Å². The predicted octanol–water partition coefficient (Wildman–Crippen LogP) is 3.93. The lowest BCUT2D eigenvalue weighted by atomic mass is 10.2. The molecular formula is C16H23BrN2O2. The highest BCUT2D eigenvalue weighted by Crippen LogP contribution is 2.12. The first-order valence-corrected chi connectivity index (χ1v) is 8.06. The monoisotopic (exact) mass is 354 g/mol. The summed E-state index contributed by atoms with van der Waals surface area (Å²) in [6.45, 7) is 4.24. The lowest BCUT2D eigenvalue weighted by Gasteiger charge is -2.05. The molecule has 1 rings (SSSR count). The highest BCUT2D eigenvalue weighted by Gasteiger charge is 1.96. The van der Waals surface area contributed by atoms with Crippen molar-refractivity contribution in [3.8, 4) is 0 Å². The van der Waals surface area contributed by atoms with Crippen LogP contribution in [-0.2, 0) is 4.74 Å². The van der Waals surface area contributed by atoms with Crippen LogP contribution in [0.25, 0.3) is 6.08 Å². The Kier molecular flexibility index (Phi) is 9.57. The Morgan fingerprint density at radius 2 is 2.14 bits per heavy atom. The zero-order valence-corrected chi connectivity index (χ0v) is 14.0. The quantitative estimate of drug-likeness (QED) is 0.660. The van der Waals surface area contributed by atoms with Crippen LogP contribution in [0, 0.1) is 0 Å². The topological polar surface area (TPSA) is 50.4 Å². The van der Waals surface area contributed by atoms with Crippen LogP contribution in [0.15, 0.2) is 34.9 Å². The van der Waals surface area contributed by atoms with Crippen LogP contribution in [0.3, 0.4) is 0 Å². The highest BCUT2D eigenvalue weighted by molar-refractivity contribution is 9.10. The van der Waals surface area contributed by atoms with Crippen molar-refractivity contribution in [2.75, 3.05) is 19.8 Å². The third-order valence-electron chi connectivity index (χ3n) is 2.73. The van der Waals surface area contributed by atoms with E-state index in [0.717, 1.165) is 35.9 Å². The van der Waals surface area contributed by atoms with Gasteiger partial charge in [0, 0.05) is 30.4 Å². The van der Waals surface area contributed by atoms with Crippen molar-refractivity contribution in [3.05, 3.63) is 40.5 Å². The molecule has 21 heavy (non-hydrogen) atoms. The zero-order chi connectivity index (χ0) is 15.3. The van der Waals surface area contributed by atoms with Crippen LogP contribution >= 0.6 is 15.9 Å². The molecule has 0 aliphatic rings. The first-order chi connectivity index (χ1) is 10.2. The maximum absolute atomic E-state index is 11.5. The van der Waals surface area contributed by atoms with Gasteiger partial charge in [-0.3, -0.25) is 0 Å². The van der Waals surface area contributed by atoms with E-state index in [-0.39, 0.29) is 6.03 Å². The van der Waals surface area contributed by atoms with Gasteiger partial charge in [0.2, 0.25) is 0 Å². The molecule has 1 aromatic rings. The van der Waals surface area contributed by atoms with Crippen molar-refractivity contribution in [1.29, 1.82) is 0 Å². The summed E-state index contributed by atoms with van der Waals surface area (Å²) >= 11 is 3.40. The SMILES string of the molecule is CCCCOCCCNC(=O)N/C=C/c1cccc(Br)c1. The Bertz CT molecular complexity index is 450. The number of halogens is 1. The molecule has 0 aliphatic carbocycles. The minimum absolute atomic E-state index is 0.199. The second-order valence-corrected chi connectivity index (χ2v) is 5.52. The molecule has 2 N–H and O–H groups in total. The van der Waals surface area contributed by atoms with Crippen LogP contribution in [0.4, 0.5) is 4.79 Å². The average molecular weight is 355 g/mol. The zero-order valence-electron chi connectivity index (χ0n) is 12.4. The average Bonchev–Trinajstić information content (AvgIpc) is 2.46. The van der Waals surface area contributed by atoms with Gasteiger partial charge in [0.1, 0.15) is 0 Å². The summed E-state index contributed by atoms with van der Waals surface area (Å²) in [5, 5.41) is 5.46. The summed E-state index contributed by atoms with van der Waals surface area (Å²) in [7, 11) is 0. The van der Waals surface area contributed by atoms with Gasteiger partial charge in [-0.2, -0.15) is 0 Å². The van der Waals surface area contributed by atoms with Crippen molar-refractivity contribution in [2.24, 2.45) is 0 Å². The van der Waals surface area contributed by atoms with Crippen LogP contribution < -0.4 is 10.6 Å². The Morgan fingerprint density at radius 1 is 1.33 bits per heavy atom. The third kappa shape index (κ3) is 9.26. The molecule has 116 valence electrons. The van der Waals surface area contributed by atoms with Gasteiger partial charge in [-0.1, -0.05) is 41.4 Å². The van der Waals surface area contributed by atoms with E-state index >= 15 is 0 Å². The molecule has 0 aliphatic heterocycles. The number of rotatable bonds is 9. The number of nitrogens with one attached hydrogen (secondary N) is 2. The largest absolute Gasteiger partial charge is 0.381 e. The van der Waals surface area contributed by atoms with E-state index in [9.17, 15) is 4.79 Å². The van der Waals surface area contributed by atoms with E-state index in [1.165, 1.54) is 0 Å². The van der Waals surface area contributed by atoms with Gasteiger partial charge in [-0.15, -0.1) is 0 Å². The molecule has 0 saturated carbocycles. The molecule has 1 aromatic carbocycles. The van der Waals surface area contributed by atoms with Gasteiger partial charge < -0.3 is 15.4 Å². The van der Waals surface area contributed by atoms with Gasteiger partial charge in [0.15, 0.2) is 0 Å². The Morgan fingerprint density at radius 3 is 2.90 bits per heavy atom. The first kappa shape index (κ1) is 17.7. The minimum atomic E-state index is -0.199. The fourth-order valence-corrected chi connectivity index (χ4v) is 2.02. The molecule has 0 unspecified atom stereocenters. The third-order valence-corrected chi connectivity index (χ3v) is 3.23. The Labute approximate surface area is 135 Å². The molecular weight excluding hydrogens is 332 g/mol. The normalized spacial score (nSPS) is 10.8. The van der Waals surface area contributed by atoms with Gasteiger partial charge in [0.05, 0.1) is 0 Å². The number of amides is 2. The molecule has 0 saturated heterocycles. The molecule has 0 heterocycles. The summed E-state index contributed by atoms with van der Waals surface area (Å²) in [6, 6.07) is 7.65. The van der Waals surface area contributed by atoms with E-state index in [4.69, 9.17) is 4.74 Å². The van der Waals surface area contributed by atoms with E-state index in [0.29, 0.717) is 13.2 Å². The fourth-order valence-electron chi connectivity index (χ4n) is 1.60. The Balaban J connectivity index is 2.08. The molecule has 0 atom stereocenters. The molecule has 2 amide bonds. The summed E-state index contributed by atoms with van der Waals surface area (Å²) < 4.78 is 6.43. The molecule has 0 fully saturated rings. The van der Waals surface area contributed by atoms with Gasteiger partial charge >= 0.3 is 6.03 Å². The van der Waals surface area contributed by atoms with Crippen molar-refractivity contribution < 1.29 is 9.53 Å². The highest BCUT2D eigenvalue weighted by atomic mass is 79.9. The molecule has 0 radical (unpaired) electrons. The number of unbranched alkanes of at least 4 members (excludes halogenated alkanes) is 1. The van der Waals surface area contributed by atoms with Crippen molar-refractivity contribution in [1.82, 2.24) is 10.6 Å². The second kappa shape index (κ2) is 11.3. The first-order valence-electron chi connectivity index (χ1n) is 7.26. The standard InChI is InChI=1S/C16H23BrN2O2/c1-2-3-11-21-12-5-9-18-16(20)19-10-8-14-6-4-7-15(17)13-14/h4,6-8,10,13H,2-3,5,9,11-12H2,1H3,(H2,18,19,20)/b10-8+. The van der Waals surface area contributed by atoms with Crippen LogP contribution in [-0.4, -0.2) is 25.8 Å². The number of urea groups is 1. The minimum Gasteiger partial charge on any atom is -0.381 e. The Hall–Kier alpha value is -1.33. The molecule has 0 spiro atoms. The summed E-state index contributed by atoms with van der Waals surface area (Å²) in [4.78, 5) is 11.5. The predicted molar refractivity (Wildman–Crippen MR) is 90.1 cm³/mol. The van der Waals surface area contributed by atoms with E-state index in [1.807, 2.05) is 30.3 Å². The van der Waals surface area contributed by atoms with Crippen molar-refractivity contribution >= 4 is 28.0 Å². The number of carbonyl (C=O) groups is 1. The van der Waals surface area contributed by atoms with Crippen molar-refractivity contribution in [3.63, 3.8) is 0 Å². The number of hydrogen-bond acceptors (Lipinski definition) is 2. The van der Waals surface area contributed by atoms with Gasteiger partial charge in [-0.25, -0.2) is 4.79 Å². The fraction of sp³-hybridized carbons (Fsp3) is 0.438. The molecule has 0 bridgehead atoms. The second-order valence-electron chi connectivity index (χ2n) is 4.61. The van der Waals surface area contributed by atoms with E-state index in [1.54, 1.807) is 6.20 Å². The van der Waals surface area contributed by atoms with Crippen molar-refractivity contribution in [2.45, 2.75) is 26.2 Å². The van der Waals surface area contributed by atoms with Gasteiger partial charge in [-0.05, 0) is 36.6 Å². The van der Waals surface area contributed by atoms with Crippen LogP contribution in [0.2, 0.25) is 0 Å². The smallest absolute Gasteiger partial charge is 0.318 e. The number of carbonyl (C=O) groups excluding carboxylic acids is 1. The molecule has 5 heteroatoms. The summed E-state index contributed by atoms with van der Waals surface area (Å²) in [6.07, 6.45) is 6.54. The maximum Gasteiger partial charge on any atom is 0.318 e. The molecule has 4 nitrogen and oxygen atoms in total. The van der Waals surface area contributed by atoms with Crippen LogP contribution in [0.1, 0.15) is 31.7 Å². The molecule has 0 aromatic heterocycles. The van der Waals surface area contributed by atoms with Crippen LogP contribution in [0.5, 0.6) is 0 Å². The maximum atomic E-state index is 11.5. The lowest BCUT2D eigenvalue weighted by Crippen LogP contribution is -2.33. The summed E-state index contributed by atoms with van der Waals surface area (Å²) in [5.74, 6) is 0. The summed E-state index contributed by atoms with van der Waals surface area (Å²) in [5.41, 5.74) is 1.02. The number of benzene rings is 1. The van der Waals surface area contributed by atoms with E-state index < -0.39 is 0 Å². The number of hydrogen-bond donors (Lipinski definition) is 2.